The first kappa shape index (κ1) is 12.7. The van der Waals surface area contributed by atoms with Gasteiger partial charge >= 0.3 is 0 Å². The van der Waals surface area contributed by atoms with Crippen LogP contribution in [0.5, 0.6) is 0 Å². The summed E-state index contributed by atoms with van der Waals surface area (Å²) in [5.74, 6) is -0.762. The summed E-state index contributed by atoms with van der Waals surface area (Å²) in [4.78, 5) is 12.1. The van der Waals surface area contributed by atoms with Crippen molar-refractivity contribution in [3.05, 3.63) is 34.1 Å². The summed E-state index contributed by atoms with van der Waals surface area (Å²) in [7, 11) is 0. The Labute approximate surface area is 108 Å². The Morgan fingerprint density at radius 2 is 1.94 bits per heavy atom. The van der Waals surface area contributed by atoms with E-state index in [-0.39, 0.29) is 23.4 Å². The average molecular weight is 301 g/mol. The van der Waals surface area contributed by atoms with Gasteiger partial charge in [0.05, 0.1) is 11.7 Å². The average Bonchev–Trinajstić information content (AvgIpc) is 2.32. The van der Waals surface area contributed by atoms with Gasteiger partial charge in [-0.2, -0.15) is 0 Å². The molecule has 0 saturated heterocycles. The molecule has 0 spiro atoms. The fraction of sp³-hybridized carbons (Fsp3) is 0.462. The Hall–Kier alpha value is -0.740. The van der Waals surface area contributed by atoms with Crippen molar-refractivity contribution in [1.82, 2.24) is 0 Å². The van der Waals surface area contributed by atoms with Crippen LogP contribution in [-0.4, -0.2) is 17.0 Å². The number of hydrogen-bond donors (Lipinski definition) is 1. The third kappa shape index (κ3) is 2.93. The van der Waals surface area contributed by atoms with Crippen LogP contribution in [0.1, 0.15) is 36.0 Å². The number of rotatable bonds is 2. The van der Waals surface area contributed by atoms with E-state index in [0.717, 1.165) is 0 Å². The van der Waals surface area contributed by atoms with Gasteiger partial charge in [-0.05, 0) is 43.9 Å². The number of aliphatic hydroxyl groups excluding tert-OH is 1. The maximum absolute atomic E-state index is 13.6. The predicted molar refractivity (Wildman–Crippen MR) is 66.4 cm³/mol. The summed E-state index contributed by atoms with van der Waals surface area (Å²) in [6.07, 6.45) is 2.25. The van der Waals surface area contributed by atoms with Crippen LogP contribution in [0.25, 0.3) is 0 Å². The van der Waals surface area contributed by atoms with Crippen LogP contribution in [0.2, 0.25) is 0 Å². The first-order chi connectivity index (χ1) is 8.08. The van der Waals surface area contributed by atoms with Gasteiger partial charge in [-0.3, -0.25) is 4.79 Å². The molecule has 1 aliphatic rings. The maximum Gasteiger partial charge on any atom is 0.168 e. The van der Waals surface area contributed by atoms with E-state index in [1.807, 2.05) is 0 Å². The summed E-state index contributed by atoms with van der Waals surface area (Å²) >= 11 is 3.24. The molecule has 1 aromatic carbocycles. The third-order valence-corrected chi connectivity index (χ3v) is 3.75. The van der Waals surface area contributed by atoms with Crippen LogP contribution in [0.15, 0.2) is 22.7 Å². The molecule has 2 nitrogen and oxygen atoms in total. The fourth-order valence-corrected chi connectivity index (χ4v) is 2.61. The number of carbonyl (C=O) groups excluding carboxylic acids is 1. The molecule has 92 valence electrons. The van der Waals surface area contributed by atoms with E-state index < -0.39 is 5.82 Å². The first-order valence-electron chi connectivity index (χ1n) is 5.75. The highest BCUT2D eigenvalue weighted by Crippen LogP contribution is 2.29. The van der Waals surface area contributed by atoms with Crippen molar-refractivity contribution in [2.45, 2.75) is 31.8 Å². The lowest BCUT2D eigenvalue weighted by Gasteiger charge is -2.24. The number of hydrogen-bond acceptors (Lipinski definition) is 2. The Bertz CT molecular complexity index is 425. The number of Topliss-reactive ketones (excluding diaryl/α,β-unsaturated/α-hetero) is 1. The number of ketones is 1. The van der Waals surface area contributed by atoms with E-state index in [4.69, 9.17) is 0 Å². The lowest BCUT2D eigenvalue weighted by atomic mass is 9.82. The highest BCUT2D eigenvalue weighted by atomic mass is 79.9. The smallest absolute Gasteiger partial charge is 0.168 e. The number of aliphatic hydroxyl groups is 1. The molecule has 0 bridgehead atoms. The number of carbonyl (C=O) groups is 1. The van der Waals surface area contributed by atoms with Crippen LogP contribution in [0.3, 0.4) is 0 Å². The highest BCUT2D eigenvalue weighted by molar-refractivity contribution is 9.10. The number of benzene rings is 1. The molecule has 2 rings (SSSR count). The molecule has 0 aliphatic heterocycles. The zero-order valence-corrected chi connectivity index (χ0v) is 10.9. The summed E-state index contributed by atoms with van der Waals surface area (Å²) < 4.78 is 14.3. The van der Waals surface area contributed by atoms with Gasteiger partial charge < -0.3 is 5.11 Å². The molecule has 4 heteroatoms. The molecule has 1 aromatic rings. The minimum Gasteiger partial charge on any atom is -0.393 e. The second kappa shape index (κ2) is 5.27. The van der Waals surface area contributed by atoms with Crippen molar-refractivity contribution >= 4 is 21.7 Å². The molecule has 1 saturated carbocycles. The lowest BCUT2D eigenvalue weighted by molar-refractivity contribution is 0.0761. The molecule has 0 unspecified atom stereocenters. The van der Waals surface area contributed by atoms with Crippen LogP contribution in [0.4, 0.5) is 4.39 Å². The molecule has 1 aliphatic carbocycles. The van der Waals surface area contributed by atoms with Gasteiger partial charge in [0, 0.05) is 10.4 Å². The normalized spacial score (nSPS) is 24.6. The first-order valence-corrected chi connectivity index (χ1v) is 6.54. The SMILES string of the molecule is O=C(c1cc(Br)ccc1F)C1CCC(O)CC1. The van der Waals surface area contributed by atoms with Crippen molar-refractivity contribution in [3.8, 4) is 0 Å². The summed E-state index contributed by atoms with van der Waals surface area (Å²) in [5.41, 5.74) is 0.153. The minimum atomic E-state index is -0.468. The molecule has 0 atom stereocenters. The van der Waals surface area contributed by atoms with E-state index in [2.05, 4.69) is 15.9 Å². The summed E-state index contributed by atoms with van der Waals surface area (Å²) in [6, 6.07) is 4.41. The molecular weight excluding hydrogens is 287 g/mol. The molecule has 0 amide bonds. The molecule has 0 radical (unpaired) electrons. The van der Waals surface area contributed by atoms with E-state index in [0.29, 0.717) is 30.2 Å². The molecule has 17 heavy (non-hydrogen) atoms. The zero-order chi connectivity index (χ0) is 12.4. The van der Waals surface area contributed by atoms with Gasteiger partial charge in [-0.25, -0.2) is 4.39 Å². The van der Waals surface area contributed by atoms with Gasteiger partial charge in [0.2, 0.25) is 0 Å². The topological polar surface area (TPSA) is 37.3 Å². The highest BCUT2D eigenvalue weighted by Gasteiger charge is 2.27. The van der Waals surface area contributed by atoms with E-state index in [1.54, 1.807) is 6.07 Å². The van der Waals surface area contributed by atoms with E-state index >= 15 is 0 Å². The Balaban J connectivity index is 2.16. The van der Waals surface area contributed by atoms with Gasteiger partial charge in [0.25, 0.3) is 0 Å². The molecule has 1 fully saturated rings. The van der Waals surface area contributed by atoms with Crippen molar-refractivity contribution in [2.75, 3.05) is 0 Å². The standard InChI is InChI=1S/C13H14BrFO2/c14-9-3-6-12(15)11(7-9)13(17)8-1-4-10(16)5-2-8/h3,6-8,10,16H,1-2,4-5H2. The molecule has 1 N–H and O–H groups in total. The molecular formula is C13H14BrFO2. The van der Waals surface area contributed by atoms with Crippen molar-refractivity contribution in [1.29, 1.82) is 0 Å². The quantitative estimate of drug-likeness (QED) is 0.851. The monoisotopic (exact) mass is 300 g/mol. The van der Waals surface area contributed by atoms with Gasteiger partial charge in [-0.1, -0.05) is 15.9 Å². The summed E-state index contributed by atoms with van der Waals surface area (Å²) in [5, 5.41) is 9.39. The van der Waals surface area contributed by atoms with Crippen LogP contribution in [-0.2, 0) is 0 Å². The van der Waals surface area contributed by atoms with Gasteiger partial charge in [-0.15, -0.1) is 0 Å². The van der Waals surface area contributed by atoms with Crippen LogP contribution >= 0.6 is 15.9 Å². The molecule has 0 heterocycles. The maximum atomic E-state index is 13.6. The fourth-order valence-electron chi connectivity index (χ4n) is 2.24. The van der Waals surface area contributed by atoms with Crippen molar-refractivity contribution in [2.24, 2.45) is 5.92 Å². The Morgan fingerprint density at radius 1 is 1.29 bits per heavy atom. The van der Waals surface area contributed by atoms with E-state index in [1.165, 1.54) is 12.1 Å². The second-order valence-corrected chi connectivity index (χ2v) is 5.41. The summed E-state index contributed by atoms with van der Waals surface area (Å²) in [6.45, 7) is 0. The second-order valence-electron chi connectivity index (χ2n) is 4.49. The zero-order valence-electron chi connectivity index (χ0n) is 9.33. The van der Waals surface area contributed by atoms with Crippen LogP contribution in [0, 0.1) is 11.7 Å². The van der Waals surface area contributed by atoms with Crippen molar-refractivity contribution < 1.29 is 14.3 Å². The van der Waals surface area contributed by atoms with Crippen LogP contribution < -0.4 is 0 Å². The van der Waals surface area contributed by atoms with E-state index in [9.17, 15) is 14.3 Å². The third-order valence-electron chi connectivity index (χ3n) is 3.26. The Kier molecular flexibility index (Phi) is 3.94. The van der Waals surface area contributed by atoms with Gasteiger partial charge in [0.1, 0.15) is 5.82 Å². The van der Waals surface area contributed by atoms with Gasteiger partial charge in [0.15, 0.2) is 5.78 Å². The largest absolute Gasteiger partial charge is 0.393 e. The minimum absolute atomic E-state index is 0.143. The predicted octanol–water partition coefficient (Wildman–Crippen LogP) is 3.32. The Morgan fingerprint density at radius 3 is 2.59 bits per heavy atom. The lowest BCUT2D eigenvalue weighted by Crippen LogP contribution is -2.24. The number of halogens is 2. The molecule has 0 aromatic heterocycles. The van der Waals surface area contributed by atoms with Crippen molar-refractivity contribution in [3.63, 3.8) is 0 Å².